The summed E-state index contributed by atoms with van der Waals surface area (Å²) in [6.45, 7) is 5.04. The van der Waals surface area contributed by atoms with Gasteiger partial charge in [0, 0.05) is 56.5 Å². The summed E-state index contributed by atoms with van der Waals surface area (Å²) in [6.07, 6.45) is 0.254. The predicted octanol–water partition coefficient (Wildman–Crippen LogP) is 2.93. The standard InChI is InChI=1S/C23H28N4O6/c1-16-15-26(18-6-4-17(5-7-18)23(29)33-3)13-12-25(16)11-10-22(28)24-20-14-19(27(30)31)8-9-21(20)32-2/h4-9,14,16H,10-13,15H2,1-3H3,(H,24,28). The van der Waals surface area contributed by atoms with E-state index in [0.29, 0.717) is 17.9 Å². The summed E-state index contributed by atoms with van der Waals surface area (Å²) in [6, 6.07) is 11.6. The Hall–Kier alpha value is -3.66. The van der Waals surface area contributed by atoms with Crippen molar-refractivity contribution in [1.29, 1.82) is 0 Å². The smallest absolute Gasteiger partial charge is 0.337 e. The first-order valence-corrected chi connectivity index (χ1v) is 10.6. The van der Waals surface area contributed by atoms with E-state index >= 15 is 0 Å². The maximum absolute atomic E-state index is 12.5. The number of benzene rings is 2. The lowest BCUT2D eigenvalue weighted by Gasteiger charge is -2.41. The molecular formula is C23H28N4O6. The molecule has 10 nitrogen and oxygen atoms in total. The van der Waals surface area contributed by atoms with Crippen molar-refractivity contribution in [1.82, 2.24) is 4.90 Å². The molecule has 176 valence electrons. The van der Waals surface area contributed by atoms with E-state index in [-0.39, 0.29) is 35.7 Å². The lowest BCUT2D eigenvalue weighted by atomic mass is 10.1. The van der Waals surface area contributed by atoms with Gasteiger partial charge in [-0.05, 0) is 37.3 Å². The van der Waals surface area contributed by atoms with Crippen LogP contribution in [0.3, 0.4) is 0 Å². The third kappa shape index (κ3) is 5.98. The molecule has 1 fully saturated rings. The number of nitro groups is 1. The zero-order valence-corrected chi connectivity index (χ0v) is 18.9. The molecule has 2 aromatic rings. The molecule has 1 saturated heterocycles. The lowest BCUT2D eigenvalue weighted by molar-refractivity contribution is -0.384. The van der Waals surface area contributed by atoms with Gasteiger partial charge in [-0.2, -0.15) is 0 Å². The number of amides is 1. The Morgan fingerprint density at radius 3 is 2.48 bits per heavy atom. The average Bonchev–Trinajstić information content (AvgIpc) is 2.82. The number of carbonyl (C=O) groups is 2. The number of rotatable bonds is 8. The number of esters is 1. The number of methoxy groups -OCH3 is 2. The minimum atomic E-state index is -0.515. The van der Waals surface area contributed by atoms with E-state index in [0.717, 1.165) is 25.3 Å². The van der Waals surface area contributed by atoms with E-state index in [1.54, 1.807) is 12.1 Å². The molecule has 3 rings (SSSR count). The van der Waals surface area contributed by atoms with E-state index in [1.807, 2.05) is 12.1 Å². The Labute approximate surface area is 192 Å². The van der Waals surface area contributed by atoms with Gasteiger partial charge >= 0.3 is 5.97 Å². The number of nitrogens with zero attached hydrogens (tertiary/aromatic N) is 3. The van der Waals surface area contributed by atoms with E-state index in [2.05, 4.69) is 22.0 Å². The van der Waals surface area contributed by atoms with Crippen molar-refractivity contribution in [3.63, 3.8) is 0 Å². The number of anilines is 2. The van der Waals surface area contributed by atoms with Crippen LogP contribution in [-0.4, -0.2) is 68.1 Å². The summed E-state index contributed by atoms with van der Waals surface area (Å²) in [4.78, 5) is 39.1. The SMILES string of the molecule is COC(=O)c1ccc(N2CCN(CCC(=O)Nc3cc([N+](=O)[O-])ccc3OC)C(C)C2)cc1. The minimum Gasteiger partial charge on any atom is -0.495 e. The van der Waals surface area contributed by atoms with Crippen LogP contribution in [0.1, 0.15) is 23.7 Å². The first-order chi connectivity index (χ1) is 15.8. The van der Waals surface area contributed by atoms with Crippen molar-refractivity contribution < 1.29 is 24.0 Å². The normalized spacial score (nSPS) is 16.2. The highest BCUT2D eigenvalue weighted by atomic mass is 16.6. The molecule has 0 bridgehead atoms. The van der Waals surface area contributed by atoms with Gasteiger partial charge in [-0.1, -0.05) is 0 Å². The number of non-ortho nitro benzene ring substituents is 1. The Morgan fingerprint density at radius 2 is 1.88 bits per heavy atom. The highest BCUT2D eigenvalue weighted by molar-refractivity contribution is 5.93. The van der Waals surface area contributed by atoms with Crippen molar-refractivity contribution in [3.05, 3.63) is 58.1 Å². The van der Waals surface area contributed by atoms with Crippen molar-refractivity contribution in [2.24, 2.45) is 0 Å². The largest absolute Gasteiger partial charge is 0.495 e. The third-order valence-corrected chi connectivity index (χ3v) is 5.71. The lowest BCUT2D eigenvalue weighted by Crippen LogP contribution is -2.52. The molecule has 0 radical (unpaired) electrons. The minimum absolute atomic E-state index is 0.115. The summed E-state index contributed by atoms with van der Waals surface area (Å²) in [5.74, 6) is -0.225. The monoisotopic (exact) mass is 456 g/mol. The van der Waals surface area contributed by atoms with Crippen molar-refractivity contribution in [2.75, 3.05) is 50.6 Å². The molecule has 0 aliphatic carbocycles. The molecule has 1 heterocycles. The van der Waals surface area contributed by atoms with E-state index in [4.69, 9.17) is 9.47 Å². The number of nitro benzene ring substituents is 1. The fraction of sp³-hybridized carbons (Fsp3) is 0.391. The van der Waals surface area contributed by atoms with Gasteiger partial charge in [0.05, 0.1) is 30.4 Å². The molecule has 10 heteroatoms. The fourth-order valence-corrected chi connectivity index (χ4v) is 3.85. The van der Waals surface area contributed by atoms with Gasteiger partial charge in [0.15, 0.2) is 0 Å². The summed E-state index contributed by atoms with van der Waals surface area (Å²) in [7, 11) is 2.80. The first-order valence-electron chi connectivity index (χ1n) is 10.6. The molecule has 1 N–H and O–H groups in total. The summed E-state index contributed by atoms with van der Waals surface area (Å²) >= 11 is 0. The van der Waals surface area contributed by atoms with Gasteiger partial charge in [0.1, 0.15) is 5.75 Å². The van der Waals surface area contributed by atoms with Gasteiger partial charge in [-0.3, -0.25) is 19.8 Å². The number of hydrogen-bond acceptors (Lipinski definition) is 8. The van der Waals surface area contributed by atoms with Gasteiger partial charge in [0.2, 0.25) is 5.91 Å². The molecule has 1 aliphatic heterocycles. The third-order valence-electron chi connectivity index (χ3n) is 5.71. The van der Waals surface area contributed by atoms with Crippen molar-refractivity contribution in [3.8, 4) is 5.75 Å². The molecule has 1 amide bonds. The molecule has 0 saturated carbocycles. The quantitative estimate of drug-likeness (QED) is 0.366. The molecule has 2 aromatic carbocycles. The Morgan fingerprint density at radius 1 is 1.15 bits per heavy atom. The second-order valence-electron chi connectivity index (χ2n) is 7.81. The summed E-state index contributed by atoms with van der Waals surface area (Å²) in [5.41, 5.74) is 1.71. The van der Waals surface area contributed by atoms with Crippen LogP contribution in [0, 0.1) is 10.1 Å². The summed E-state index contributed by atoms with van der Waals surface area (Å²) in [5, 5.41) is 13.7. The van der Waals surface area contributed by atoms with E-state index < -0.39 is 4.92 Å². The van der Waals surface area contributed by atoms with E-state index in [1.165, 1.54) is 32.4 Å². The first kappa shape index (κ1) is 24.0. The average molecular weight is 456 g/mol. The van der Waals surface area contributed by atoms with Gasteiger partial charge < -0.3 is 19.7 Å². The zero-order valence-electron chi connectivity index (χ0n) is 18.9. The number of ether oxygens (including phenoxy) is 2. The number of nitrogens with one attached hydrogen (secondary N) is 1. The second-order valence-corrected chi connectivity index (χ2v) is 7.81. The van der Waals surface area contributed by atoms with Crippen LogP contribution in [0.15, 0.2) is 42.5 Å². The van der Waals surface area contributed by atoms with Gasteiger partial charge in [-0.15, -0.1) is 0 Å². The molecule has 1 aliphatic rings. The van der Waals surface area contributed by atoms with Crippen LogP contribution in [0.2, 0.25) is 0 Å². The zero-order chi connectivity index (χ0) is 24.0. The molecule has 0 spiro atoms. The molecule has 1 atom stereocenters. The van der Waals surface area contributed by atoms with Crippen LogP contribution in [0.25, 0.3) is 0 Å². The van der Waals surface area contributed by atoms with Crippen LogP contribution < -0.4 is 15.0 Å². The molecule has 0 aromatic heterocycles. The molecule has 1 unspecified atom stereocenters. The molecule has 33 heavy (non-hydrogen) atoms. The van der Waals surface area contributed by atoms with Crippen molar-refractivity contribution >= 4 is 28.9 Å². The predicted molar refractivity (Wildman–Crippen MR) is 124 cm³/mol. The highest BCUT2D eigenvalue weighted by Gasteiger charge is 2.24. The Balaban J connectivity index is 1.53. The van der Waals surface area contributed by atoms with Crippen LogP contribution in [0.4, 0.5) is 17.1 Å². The van der Waals surface area contributed by atoms with Crippen LogP contribution in [0.5, 0.6) is 5.75 Å². The van der Waals surface area contributed by atoms with Crippen molar-refractivity contribution in [2.45, 2.75) is 19.4 Å². The van der Waals surface area contributed by atoms with Crippen LogP contribution >= 0.6 is 0 Å². The van der Waals surface area contributed by atoms with Gasteiger partial charge in [0.25, 0.3) is 5.69 Å². The van der Waals surface area contributed by atoms with Gasteiger partial charge in [-0.25, -0.2) is 4.79 Å². The number of carbonyl (C=O) groups excluding carboxylic acids is 2. The van der Waals surface area contributed by atoms with E-state index in [9.17, 15) is 19.7 Å². The fourth-order valence-electron chi connectivity index (χ4n) is 3.85. The summed E-state index contributed by atoms with van der Waals surface area (Å²) < 4.78 is 9.93. The number of piperazine rings is 1. The maximum atomic E-state index is 12.5. The highest BCUT2D eigenvalue weighted by Crippen LogP contribution is 2.29. The topological polar surface area (TPSA) is 114 Å². The van der Waals surface area contributed by atoms with Crippen LogP contribution in [-0.2, 0) is 9.53 Å². The second kappa shape index (κ2) is 10.8. The maximum Gasteiger partial charge on any atom is 0.337 e. The Kier molecular flexibility index (Phi) is 7.83. The number of hydrogen-bond donors (Lipinski definition) is 1. The Bertz CT molecular complexity index is 1010. The molecular weight excluding hydrogens is 428 g/mol.